The summed E-state index contributed by atoms with van der Waals surface area (Å²) in [6.45, 7) is 15.0. The van der Waals surface area contributed by atoms with Crippen molar-refractivity contribution in [3.05, 3.63) is 69.9 Å². The topological polar surface area (TPSA) is 423 Å². The quantitative estimate of drug-likeness (QED) is 0.0123. The molecule has 2 aromatic heterocycles. The fourth-order valence-corrected chi connectivity index (χ4v) is 9.20. The number of carboxylic acids is 2. The van der Waals surface area contributed by atoms with E-state index in [1.165, 1.54) is 0 Å². The smallest absolute Gasteiger partial charge is 0.305 e. The normalized spacial score (nSPS) is 10.9. The molecule has 0 unspecified atom stereocenters. The third-order valence-electron chi connectivity index (χ3n) is 15.0. The average Bonchev–Trinajstić information content (AvgIpc) is 1.56. The summed E-state index contributed by atoms with van der Waals surface area (Å²) < 4.78 is 23.0. The number of ketones is 6. The number of carbonyl (C=O) groups is 14. The first kappa shape index (κ1) is 90.9. The summed E-state index contributed by atoms with van der Waals surface area (Å²) in [5, 5.41) is 41.0. The molecule has 0 saturated carbocycles. The molecule has 29 heteroatoms. The number of nitrogens with one attached hydrogen (secondary N) is 6. The van der Waals surface area contributed by atoms with E-state index >= 15 is 0 Å². The second-order valence-electron chi connectivity index (χ2n) is 23.8. The molecule has 102 heavy (non-hydrogen) atoms. The third-order valence-corrected chi connectivity index (χ3v) is 15.0. The molecule has 6 amide bonds. The van der Waals surface area contributed by atoms with Crippen molar-refractivity contribution < 1.29 is 96.0 Å². The standard InChI is InChI=1S/C34H41N5O8.C17H28N2O4.C14H25NO5.C8H15NO3/c1-3-4-16-35-28(42)14-13-24(40)9-8-18-46-19-15-29(43)36-20-23-21-39(38-37-23)17-7-12-27(41)30-22(2)47-34-31(30)32(44)25-10-5-6-11-26(25)33(34)45;1-3-5-12-19-16(21)9-8-15(20)7-6-13-23-14-10-17(22)18-11-4-2;1-2-3-9-15-13(17)7-6-12(16)5-4-10-20-11-8-14(18)19;1-2-3-6-9-7(10)4-5-8(11)12/h5-6,10-11,21H,3-4,7-9,12-20H2,1-2H3,(H,35,42)(H,36,43);2H,3,5-14H2,1H3,(H,18,22)(H,19,21);2-11H2,1H3,(H,15,17)(H,18,19);2-6H2,1H3,(H,9,10)(H,11,12). The molecule has 0 fully saturated rings. The van der Waals surface area contributed by atoms with Gasteiger partial charge in [0, 0.05) is 147 Å². The number of carboxylic acid groups (broad SMARTS) is 2. The van der Waals surface area contributed by atoms with Crippen molar-refractivity contribution in [1.82, 2.24) is 46.9 Å². The SMILES string of the molecule is C#CCNC(=O)CCOCCCC(=O)CCC(=O)NCCCC.CCCCNC(=O)CCC(=O)CCCOCCC(=O)NCc1cn(CCCC(=O)c2c(C)oc3c2C(=O)c2ccccc2C3=O)nn1.CCCCNC(=O)CCC(=O)CCCOCCC(=O)O.CCCCNC(=O)CCC(=O)O. The van der Waals surface area contributed by atoms with Gasteiger partial charge in [0.2, 0.25) is 41.2 Å². The molecule has 1 aromatic carbocycles. The van der Waals surface area contributed by atoms with Crippen LogP contribution in [0.1, 0.15) is 255 Å². The lowest BCUT2D eigenvalue weighted by Gasteiger charge is -2.13. The maximum Gasteiger partial charge on any atom is 0.305 e. The van der Waals surface area contributed by atoms with Gasteiger partial charge < -0.3 is 60.7 Å². The maximum atomic E-state index is 13.1. The number of aliphatic carboxylic acids is 2. The first-order valence-corrected chi connectivity index (χ1v) is 35.5. The summed E-state index contributed by atoms with van der Waals surface area (Å²) in [7, 11) is 0. The summed E-state index contributed by atoms with van der Waals surface area (Å²) in [4.78, 5) is 163. The number of hydrogen-bond acceptors (Lipinski definition) is 20. The van der Waals surface area contributed by atoms with Gasteiger partial charge in [0.1, 0.15) is 28.8 Å². The Bertz CT molecular complexity index is 3150. The van der Waals surface area contributed by atoms with Gasteiger partial charge >= 0.3 is 11.9 Å². The van der Waals surface area contributed by atoms with Crippen LogP contribution in [-0.2, 0) is 80.0 Å². The summed E-state index contributed by atoms with van der Waals surface area (Å²) >= 11 is 0. The number of carbonyl (C=O) groups excluding carboxylic acids is 12. The highest BCUT2D eigenvalue weighted by atomic mass is 16.5. The average molecular weight is 1430 g/mol. The molecule has 0 spiro atoms. The Morgan fingerprint density at radius 3 is 1.30 bits per heavy atom. The molecule has 2 heterocycles. The fraction of sp³-hybridized carbons (Fsp3) is 0.616. The van der Waals surface area contributed by atoms with Crippen molar-refractivity contribution in [2.24, 2.45) is 0 Å². The number of furan rings is 1. The first-order valence-electron chi connectivity index (χ1n) is 35.5. The summed E-state index contributed by atoms with van der Waals surface area (Å²) in [5.74, 6) is -1.13. The van der Waals surface area contributed by atoms with Crippen molar-refractivity contribution in [3.63, 3.8) is 0 Å². The lowest BCUT2D eigenvalue weighted by Crippen LogP contribution is -2.25. The number of ether oxygens (including phenoxy) is 3. The zero-order valence-corrected chi connectivity index (χ0v) is 60.3. The molecule has 0 bridgehead atoms. The maximum absolute atomic E-state index is 13.1. The minimum absolute atomic E-state index is 0.0175. The zero-order chi connectivity index (χ0) is 75.7. The Morgan fingerprint density at radius 2 is 0.882 bits per heavy atom. The number of terminal acetylenes is 1. The molecule has 0 radical (unpaired) electrons. The van der Waals surface area contributed by atoms with Crippen LogP contribution in [0.25, 0.3) is 0 Å². The van der Waals surface area contributed by atoms with Gasteiger partial charge in [-0.3, -0.25) is 71.8 Å². The van der Waals surface area contributed by atoms with E-state index in [1.54, 1.807) is 42.1 Å². The van der Waals surface area contributed by atoms with E-state index in [9.17, 15) is 67.1 Å². The highest BCUT2D eigenvalue weighted by molar-refractivity contribution is 6.30. The molecule has 0 aliphatic heterocycles. The number of rotatable bonds is 53. The molecular formula is C73H109N9O20. The van der Waals surface area contributed by atoms with E-state index in [4.69, 9.17) is 35.3 Å². The second kappa shape index (κ2) is 57.5. The van der Waals surface area contributed by atoms with Crippen LogP contribution in [0.4, 0.5) is 0 Å². The molecule has 1 aliphatic rings. The highest BCUT2D eigenvalue weighted by Gasteiger charge is 2.38. The molecule has 4 rings (SSSR count). The number of Topliss-reactive ketones (excluding diaryl/α,β-unsaturated/α-hetero) is 4. The monoisotopic (exact) mass is 1430 g/mol. The van der Waals surface area contributed by atoms with Gasteiger partial charge in [-0.25, -0.2) is 0 Å². The Balaban J connectivity index is 0.000000786. The van der Waals surface area contributed by atoms with E-state index in [1.807, 2.05) is 20.8 Å². The third kappa shape index (κ3) is 44.2. The number of aryl methyl sites for hydroxylation is 2. The van der Waals surface area contributed by atoms with Gasteiger partial charge in [-0.1, -0.05) is 88.8 Å². The van der Waals surface area contributed by atoms with Crippen molar-refractivity contribution in [1.29, 1.82) is 0 Å². The molecule has 0 atom stereocenters. The number of benzene rings is 1. The van der Waals surface area contributed by atoms with Gasteiger partial charge in [0.15, 0.2) is 17.3 Å². The molecule has 8 N–H and O–H groups in total. The molecule has 29 nitrogen and oxygen atoms in total. The van der Waals surface area contributed by atoms with Gasteiger partial charge in [-0.2, -0.15) is 0 Å². The van der Waals surface area contributed by atoms with Crippen LogP contribution in [-0.4, -0.2) is 180 Å². The molecular weight excluding hydrogens is 1320 g/mol. The van der Waals surface area contributed by atoms with Crippen LogP contribution in [0.2, 0.25) is 0 Å². The molecule has 0 saturated heterocycles. The Labute approximate surface area is 598 Å². The van der Waals surface area contributed by atoms with E-state index in [0.29, 0.717) is 110 Å². The van der Waals surface area contributed by atoms with E-state index in [-0.39, 0.29) is 196 Å². The summed E-state index contributed by atoms with van der Waals surface area (Å²) in [6.07, 6.45) is 19.7. The van der Waals surface area contributed by atoms with E-state index < -0.39 is 23.5 Å². The number of fused-ring (bicyclic) bond motifs is 2. The van der Waals surface area contributed by atoms with Crippen LogP contribution >= 0.6 is 0 Å². The predicted molar refractivity (Wildman–Crippen MR) is 377 cm³/mol. The Hall–Kier alpha value is -9.14. The number of aromatic nitrogens is 3. The van der Waals surface area contributed by atoms with Crippen molar-refractivity contribution in [2.75, 3.05) is 72.4 Å². The minimum atomic E-state index is -0.930. The molecule has 566 valence electrons. The zero-order valence-electron chi connectivity index (χ0n) is 60.3. The van der Waals surface area contributed by atoms with Crippen LogP contribution in [0.3, 0.4) is 0 Å². The van der Waals surface area contributed by atoms with E-state index in [2.05, 4.69) is 55.1 Å². The number of hydrogen-bond donors (Lipinski definition) is 8. The van der Waals surface area contributed by atoms with Crippen LogP contribution in [0.15, 0.2) is 34.9 Å². The number of unbranched alkanes of at least 4 members (excludes halogenated alkanes) is 4. The summed E-state index contributed by atoms with van der Waals surface area (Å²) in [5.41, 5.74) is 1.25. The Kier molecular flexibility index (Phi) is 51.2. The lowest BCUT2D eigenvalue weighted by molar-refractivity contribution is -0.139. The first-order chi connectivity index (χ1) is 49.0. The predicted octanol–water partition coefficient (Wildman–Crippen LogP) is 7.17. The second-order valence-corrected chi connectivity index (χ2v) is 23.8. The lowest BCUT2D eigenvalue weighted by atomic mass is 9.85. The van der Waals surface area contributed by atoms with Crippen molar-refractivity contribution >= 4 is 82.1 Å². The van der Waals surface area contributed by atoms with Gasteiger partial charge in [-0.05, 0) is 58.3 Å². The number of amides is 6. The van der Waals surface area contributed by atoms with Crippen LogP contribution < -0.4 is 31.9 Å². The number of nitrogens with zero attached hydrogens (tertiary/aromatic N) is 3. The summed E-state index contributed by atoms with van der Waals surface area (Å²) in [6, 6.07) is 6.49. The Morgan fingerprint density at radius 1 is 0.480 bits per heavy atom. The fourth-order valence-electron chi connectivity index (χ4n) is 9.20. The van der Waals surface area contributed by atoms with E-state index in [0.717, 1.165) is 51.4 Å². The van der Waals surface area contributed by atoms with Gasteiger partial charge in [0.05, 0.1) is 63.1 Å². The van der Waals surface area contributed by atoms with Crippen molar-refractivity contribution in [2.45, 2.75) is 221 Å². The van der Waals surface area contributed by atoms with Crippen LogP contribution in [0.5, 0.6) is 0 Å². The minimum Gasteiger partial charge on any atom is -0.481 e. The van der Waals surface area contributed by atoms with Crippen molar-refractivity contribution in [3.8, 4) is 12.3 Å². The van der Waals surface area contributed by atoms with Gasteiger partial charge in [0.25, 0.3) is 0 Å². The van der Waals surface area contributed by atoms with Gasteiger partial charge in [-0.15, -0.1) is 11.5 Å². The van der Waals surface area contributed by atoms with Crippen LogP contribution in [0, 0.1) is 19.3 Å². The highest BCUT2D eigenvalue weighted by Crippen LogP contribution is 2.34. The largest absolute Gasteiger partial charge is 0.481 e. The molecule has 3 aromatic rings. The molecule has 1 aliphatic carbocycles.